The maximum atomic E-state index is 6.30. The number of hydrogen-bond acceptors (Lipinski definition) is 1. The molecule has 0 amide bonds. The third-order valence-electron chi connectivity index (χ3n) is 3.61. The van der Waals surface area contributed by atoms with Crippen LogP contribution in [0.3, 0.4) is 0 Å². The summed E-state index contributed by atoms with van der Waals surface area (Å²) in [4.78, 5) is 0. The van der Waals surface area contributed by atoms with E-state index in [1.807, 2.05) is 18.2 Å². The Balaban J connectivity index is 2.71. The topological polar surface area (TPSA) is 12.0 Å². The monoisotopic (exact) mass is 329 g/mol. The predicted molar refractivity (Wildman–Crippen MR) is 95.5 cm³/mol. The second-order valence-electron chi connectivity index (χ2n) is 7.30. The highest BCUT2D eigenvalue weighted by Gasteiger charge is 2.19. The van der Waals surface area contributed by atoms with Crippen molar-refractivity contribution < 1.29 is 0 Å². The van der Waals surface area contributed by atoms with Crippen LogP contribution in [0, 0.1) is 11.3 Å². The molecule has 0 aliphatic carbocycles. The third kappa shape index (κ3) is 7.54. The Hall–Kier alpha value is -0.240. The molecule has 0 aromatic heterocycles. The van der Waals surface area contributed by atoms with Gasteiger partial charge in [0.1, 0.15) is 0 Å². The lowest BCUT2D eigenvalue weighted by molar-refractivity contribution is 0.275. The van der Waals surface area contributed by atoms with Crippen LogP contribution in [0.2, 0.25) is 10.0 Å². The average Bonchev–Trinajstić information content (AvgIpc) is 2.31. The largest absolute Gasteiger partial charge is 0.314 e. The van der Waals surface area contributed by atoms with E-state index in [0.29, 0.717) is 17.4 Å². The Morgan fingerprint density at radius 3 is 2.43 bits per heavy atom. The number of hydrogen-bond donors (Lipinski definition) is 1. The first-order chi connectivity index (χ1) is 9.71. The van der Waals surface area contributed by atoms with Gasteiger partial charge in [-0.1, -0.05) is 57.8 Å². The van der Waals surface area contributed by atoms with Gasteiger partial charge in [0.05, 0.1) is 0 Å². The SMILES string of the molecule is CCNC(Cc1cc(Cl)ccc1Cl)CC(C)CC(C)(C)C. The van der Waals surface area contributed by atoms with Gasteiger partial charge >= 0.3 is 0 Å². The molecule has 0 fully saturated rings. The van der Waals surface area contributed by atoms with Crippen LogP contribution in [0.15, 0.2) is 18.2 Å². The highest BCUT2D eigenvalue weighted by molar-refractivity contribution is 6.33. The lowest BCUT2D eigenvalue weighted by Gasteiger charge is -2.27. The fourth-order valence-corrected chi connectivity index (χ4v) is 3.50. The van der Waals surface area contributed by atoms with Gasteiger partial charge in [0.25, 0.3) is 0 Å². The highest BCUT2D eigenvalue weighted by atomic mass is 35.5. The predicted octanol–water partition coefficient (Wildman–Crippen LogP) is 5.98. The van der Waals surface area contributed by atoms with Gasteiger partial charge in [-0.2, -0.15) is 0 Å². The second kappa shape index (κ2) is 8.41. The van der Waals surface area contributed by atoms with Crippen molar-refractivity contribution in [1.29, 1.82) is 0 Å². The lowest BCUT2D eigenvalue weighted by Crippen LogP contribution is -2.33. The van der Waals surface area contributed by atoms with Crippen molar-refractivity contribution in [2.75, 3.05) is 6.54 Å². The van der Waals surface area contributed by atoms with Crippen molar-refractivity contribution in [2.45, 2.75) is 59.9 Å². The van der Waals surface area contributed by atoms with Crippen molar-refractivity contribution in [3.63, 3.8) is 0 Å². The minimum atomic E-state index is 0.379. The first-order valence-electron chi connectivity index (χ1n) is 7.88. The van der Waals surface area contributed by atoms with Crippen molar-refractivity contribution in [1.82, 2.24) is 5.32 Å². The Labute approximate surface area is 140 Å². The zero-order valence-corrected chi connectivity index (χ0v) is 15.5. The van der Waals surface area contributed by atoms with E-state index in [1.165, 1.54) is 6.42 Å². The summed E-state index contributed by atoms with van der Waals surface area (Å²) in [6.45, 7) is 12.4. The summed E-state index contributed by atoms with van der Waals surface area (Å²) in [7, 11) is 0. The number of nitrogens with one attached hydrogen (secondary N) is 1. The molecular formula is C18H29Cl2N. The highest BCUT2D eigenvalue weighted by Crippen LogP contribution is 2.28. The quantitative estimate of drug-likeness (QED) is 0.649. The number of halogens is 2. The average molecular weight is 330 g/mol. The maximum Gasteiger partial charge on any atom is 0.0439 e. The molecule has 0 saturated heterocycles. The van der Waals surface area contributed by atoms with Crippen LogP contribution in [0.5, 0.6) is 0 Å². The first-order valence-corrected chi connectivity index (χ1v) is 8.64. The zero-order chi connectivity index (χ0) is 16.0. The van der Waals surface area contributed by atoms with Gasteiger partial charge in [0.15, 0.2) is 0 Å². The second-order valence-corrected chi connectivity index (χ2v) is 8.14. The van der Waals surface area contributed by atoms with E-state index in [4.69, 9.17) is 23.2 Å². The Kier molecular flexibility index (Phi) is 7.53. The van der Waals surface area contributed by atoms with E-state index in [1.54, 1.807) is 0 Å². The standard InChI is InChI=1S/C18H29Cl2N/c1-6-21-16(9-13(2)12-18(3,4)5)11-14-10-15(19)7-8-17(14)20/h7-8,10,13,16,21H,6,9,11-12H2,1-5H3. The van der Waals surface area contributed by atoms with E-state index in [2.05, 4.69) is 39.9 Å². The van der Waals surface area contributed by atoms with Gasteiger partial charge in [-0.05, 0) is 60.9 Å². The minimum absolute atomic E-state index is 0.379. The first kappa shape index (κ1) is 18.8. The van der Waals surface area contributed by atoms with Gasteiger partial charge in [-0.25, -0.2) is 0 Å². The van der Waals surface area contributed by atoms with Crippen LogP contribution >= 0.6 is 23.2 Å². The summed E-state index contributed by atoms with van der Waals surface area (Å²) in [5.74, 6) is 0.687. The van der Waals surface area contributed by atoms with Crippen molar-refractivity contribution >= 4 is 23.2 Å². The van der Waals surface area contributed by atoms with Crippen molar-refractivity contribution in [2.24, 2.45) is 11.3 Å². The van der Waals surface area contributed by atoms with Crippen LogP contribution in [0.25, 0.3) is 0 Å². The molecule has 1 N–H and O–H groups in total. The number of benzene rings is 1. The van der Waals surface area contributed by atoms with Crippen LogP contribution in [-0.4, -0.2) is 12.6 Å². The lowest BCUT2D eigenvalue weighted by atomic mass is 9.82. The van der Waals surface area contributed by atoms with Crippen molar-refractivity contribution in [3.8, 4) is 0 Å². The van der Waals surface area contributed by atoms with Crippen LogP contribution in [-0.2, 0) is 6.42 Å². The number of likely N-dealkylation sites (N-methyl/N-ethyl adjacent to an activating group) is 1. The van der Waals surface area contributed by atoms with Crippen LogP contribution < -0.4 is 5.32 Å². The molecule has 120 valence electrons. The molecule has 0 spiro atoms. The summed E-state index contributed by atoms with van der Waals surface area (Å²) in [5, 5.41) is 5.16. The fraction of sp³-hybridized carbons (Fsp3) is 0.667. The van der Waals surface area contributed by atoms with E-state index in [9.17, 15) is 0 Å². The number of rotatable bonds is 7. The molecule has 1 nitrogen and oxygen atoms in total. The molecule has 1 rings (SSSR count). The Bertz CT molecular complexity index is 437. The van der Waals surface area contributed by atoms with Gasteiger partial charge in [-0.15, -0.1) is 0 Å². The Morgan fingerprint density at radius 2 is 1.86 bits per heavy atom. The van der Waals surface area contributed by atoms with E-state index in [0.717, 1.165) is 35.0 Å². The zero-order valence-electron chi connectivity index (χ0n) is 14.0. The Morgan fingerprint density at radius 1 is 1.19 bits per heavy atom. The van der Waals surface area contributed by atoms with Gasteiger partial charge in [0.2, 0.25) is 0 Å². The molecule has 2 atom stereocenters. The fourth-order valence-electron chi connectivity index (χ4n) is 3.11. The van der Waals surface area contributed by atoms with E-state index < -0.39 is 0 Å². The molecule has 0 radical (unpaired) electrons. The molecule has 3 heteroatoms. The summed E-state index contributed by atoms with van der Waals surface area (Å²) in [6.07, 6.45) is 3.33. The molecule has 21 heavy (non-hydrogen) atoms. The van der Waals surface area contributed by atoms with Gasteiger partial charge in [0, 0.05) is 16.1 Å². The normalized spacial score (nSPS) is 15.0. The van der Waals surface area contributed by atoms with Gasteiger partial charge in [-0.3, -0.25) is 0 Å². The molecule has 0 heterocycles. The molecule has 1 aromatic carbocycles. The molecule has 0 bridgehead atoms. The molecule has 0 saturated carbocycles. The summed E-state index contributed by atoms with van der Waals surface area (Å²) < 4.78 is 0. The third-order valence-corrected chi connectivity index (χ3v) is 4.22. The molecule has 2 unspecified atom stereocenters. The van der Waals surface area contributed by atoms with Gasteiger partial charge < -0.3 is 5.32 Å². The summed E-state index contributed by atoms with van der Waals surface area (Å²) in [5.41, 5.74) is 1.52. The van der Waals surface area contributed by atoms with Crippen LogP contribution in [0.4, 0.5) is 0 Å². The molecular weight excluding hydrogens is 301 g/mol. The molecule has 0 aliphatic rings. The smallest absolute Gasteiger partial charge is 0.0439 e. The van der Waals surface area contributed by atoms with E-state index in [-0.39, 0.29) is 0 Å². The summed E-state index contributed by atoms with van der Waals surface area (Å²) >= 11 is 12.4. The summed E-state index contributed by atoms with van der Waals surface area (Å²) in [6, 6.07) is 6.17. The maximum absolute atomic E-state index is 6.30. The van der Waals surface area contributed by atoms with E-state index >= 15 is 0 Å². The molecule has 0 aliphatic heterocycles. The van der Waals surface area contributed by atoms with Crippen molar-refractivity contribution in [3.05, 3.63) is 33.8 Å². The van der Waals surface area contributed by atoms with Crippen LogP contribution in [0.1, 0.15) is 53.0 Å². The minimum Gasteiger partial charge on any atom is -0.314 e. The molecule has 1 aromatic rings.